The summed E-state index contributed by atoms with van der Waals surface area (Å²) in [6.45, 7) is 5.07. The average molecular weight is 270 g/mol. The third-order valence-corrected chi connectivity index (χ3v) is 2.70. The van der Waals surface area contributed by atoms with Gasteiger partial charge in [0.1, 0.15) is 6.54 Å². The Balaban J connectivity index is 3.05. The molecule has 0 saturated heterocycles. The number of nitrogens with zero attached hydrogens (tertiary/aromatic N) is 1. The van der Waals surface area contributed by atoms with E-state index < -0.39 is 5.97 Å². The summed E-state index contributed by atoms with van der Waals surface area (Å²) in [6.07, 6.45) is 0. The maximum Gasteiger partial charge on any atom is 0.323 e. The summed E-state index contributed by atoms with van der Waals surface area (Å²) in [6, 6.07) is 4.81. The van der Waals surface area contributed by atoms with Crippen LogP contribution in [0.3, 0.4) is 0 Å². The third kappa shape index (κ3) is 3.74. The first-order valence-electron chi connectivity index (χ1n) is 5.61. The van der Waals surface area contributed by atoms with Crippen molar-refractivity contribution in [2.75, 3.05) is 6.54 Å². The number of carbonyl (C=O) groups excluding carboxylic acids is 1. The van der Waals surface area contributed by atoms with E-state index in [0.29, 0.717) is 10.6 Å². The maximum absolute atomic E-state index is 12.2. The largest absolute Gasteiger partial charge is 0.480 e. The van der Waals surface area contributed by atoms with Crippen molar-refractivity contribution in [3.05, 3.63) is 34.3 Å². The Labute approximate surface area is 111 Å². The van der Waals surface area contributed by atoms with Gasteiger partial charge >= 0.3 is 5.97 Å². The molecule has 0 bridgehead atoms. The lowest BCUT2D eigenvalue weighted by molar-refractivity contribution is -0.138. The van der Waals surface area contributed by atoms with Crippen LogP contribution < -0.4 is 0 Å². The molecule has 1 N–H and O–H groups in total. The highest BCUT2D eigenvalue weighted by atomic mass is 35.5. The molecule has 1 amide bonds. The number of benzene rings is 1. The number of rotatable bonds is 4. The summed E-state index contributed by atoms with van der Waals surface area (Å²) < 4.78 is 0. The molecule has 0 aliphatic heterocycles. The molecule has 1 aromatic rings. The minimum absolute atomic E-state index is 0.187. The number of carboxylic acids is 1. The van der Waals surface area contributed by atoms with E-state index in [-0.39, 0.29) is 18.5 Å². The Hall–Kier alpha value is -1.55. The van der Waals surface area contributed by atoms with E-state index in [1.165, 1.54) is 4.90 Å². The predicted octanol–water partition coefficient (Wildman–Crippen LogP) is 2.58. The van der Waals surface area contributed by atoms with Gasteiger partial charge in [0.15, 0.2) is 0 Å². The summed E-state index contributed by atoms with van der Waals surface area (Å²) in [7, 11) is 0. The van der Waals surface area contributed by atoms with Crippen LogP contribution in [0.4, 0.5) is 0 Å². The molecule has 4 nitrogen and oxygen atoms in total. The molecule has 0 unspecified atom stereocenters. The fraction of sp³-hybridized carbons (Fsp3) is 0.385. The minimum Gasteiger partial charge on any atom is -0.480 e. The van der Waals surface area contributed by atoms with Crippen molar-refractivity contribution in [2.24, 2.45) is 0 Å². The lowest BCUT2D eigenvalue weighted by Gasteiger charge is -2.25. The first kappa shape index (κ1) is 14.5. The molecule has 18 heavy (non-hydrogen) atoms. The van der Waals surface area contributed by atoms with Crippen molar-refractivity contribution >= 4 is 23.5 Å². The van der Waals surface area contributed by atoms with Gasteiger partial charge in [-0.05, 0) is 44.5 Å². The lowest BCUT2D eigenvalue weighted by Crippen LogP contribution is -2.40. The molecule has 1 aromatic carbocycles. The van der Waals surface area contributed by atoms with Gasteiger partial charge in [0, 0.05) is 16.6 Å². The fourth-order valence-corrected chi connectivity index (χ4v) is 1.95. The summed E-state index contributed by atoms with van der Waals surface area (Å²) in [5.74, 6) is -1.35. The highest BCUT2D eigenvalue weighted by Crippen LogP contribution is 2.17. The van der Waals surface area contributed by atoms with E-state index in [9.17, 15) is 9.59 Å². The summed E-state index contributed by atoms with van der Waals surface area (Å²) in [5.41, 5.74) is 1.28. The van der Waals surface area contributed by atoms with Crippen LogP contribution in [0.15, 0.2) is 18.2 Å². The van der Waals surface area contributed by atoms with Crippen molar-refractivity contribution in [3.8, 4) is 0 Å². The van der Waals surface area contributed by atoms with Crippen molar-refractivity contribution in [2.45, 2.75) is 26.8 Å². The Morgan fingerprint density at radius 1 is 1.33 bits per heavy atom. The van der Waals surface area contributed by atoms with E-state index in [1.54, 1.807) is 32.0 Å². The molecule has 0 saturated carbocycles. The first-order valence-corrected chi connectivity index (χ1v) is 5.99. The Bertz CT molecular complexity index is 451. The highest BCUT2D eigenvalue weighted by Gasteiger charge is 2.21. The van der Waals surface area contributed by atoms with Gasteiger partial charge in [-0.3, -0.25) is 9.59 Å². The van der Waals surface area contributed by atoms with Gasteiger partial charge < -0.3 is 10.0 Å². The molecule has 98 valence electrons. The highest BCUT2D eigenvalue weighted by molar-refractivity contribution is 6.31. The SMILES string of the molecule is Cc1cc(Cl)cc(C(=O)N(CC(=O)O)C(C)C)c1. The molecular formula is C13H16ClNO3. The van der Waals surface area contributed by atoms with Gasteiger partial charge in [-0.15, -0.1) is 0 Å². The number of carboxylic acid groups (broad SMARTS) is 1. The zero-order valence-corrected chi connectivity index (χ0v) is 11.4. The van der Waals surface area contributed by atoms with Crippen LogP contribution in [-0.4, -0.2) is 34.5 Å². The Morgan fingerprint density at radius 2 is 1.94 bits per heavy atom. The smallest absolute Gasteiger partial charge is 0.323 e. The van der Waals surface area contributed by atoms with Gasteiger partial charge in [0.05, 0.1) is 0 Å². The van der Waals surface area contributed by atoms with Crippen molar-refractivity contribution in [3.63, 3.8) is 0 Å². The summed E-state index contributed by atoms with van der Waals surface area (Å²) in [4.78, 5) is 24.3. The molecule has 0 aliphatic carbocycles. The second-order valence-electron chi connectivity index (χ2n) is 4.44. The van der Waals surface area contributed by atoms with Gasteiger partial charge in [0.2, 0.25) is 0 Å². The van der Waals surface area contributed by atoms with Crippen LogP contribution in [-0.2, 0) is 4.79 Å². The van der Waals surface area contributed by atoms with Crippen molar-refractivity contribution in [1.29, 1.82) is 0 Å². The molecule has 5 heteroatoms. The van der Waals surface area contributed by atoms with Crippen LogP contribution in [0.1, 0.15) is 29.8 Å². The molecule has 0 aliphatic rings. The zero-order chi connectivity index (χ0) is 13.9. The van der Waals surface area contributed by atoms with Crippen LogP contribution in [0, 0.1) is 6.92 Å². The average Bonchev–Trinajstić information content (AvgIpc) is 2.23. The summed E-state index contributed by atoms with van der Waals surface area (Å²) in [5, 5.41) is 9.29. The quantitative estimate of drug-likeness (QED) is 0.914. The Kier molecular flexibility index (Phi) is 4.73. The molecular weight excluding hydrogens is 254 g/mol. The number of amides is 1. The van der Waals surface area contributed by atoms with Gasteiger partial charge in [-0.25, -0.2) is 0 Å². The molecule has 0 spiro atoms. The standard InChI is InChI=1S/C13H16ClNO3/c1-8(2)15(7-12(16)17)13(18)10-4-9(3)5-11(14)6-10/h4-6,8H,7H2,1-3H3,(H,16,17). The molecule has 0 aromatic heterocycles. The predicted molar refractivity (Wildman–Crippen MR) is 70.0 cm³/mol. The molecule has 0 fully saturated rings. The van der Waals surface area contributed by atoms with Gasteiger partial charge in [-0.2, -0.15) is 0 Å². The van der Waals surface area contributed by atoms with E-state index in [4.69, 9.17) is 16.7 Å². The number of carbonyl (C=O) groups is 2. The first-order chi connectivity index (χ1) is 8.31. The van der Waals surface area contributed by atoms with Crippen LogP contribution >= 0.6 is 11.6 Å². The lowest BCUT2D eigenvalue weighted by atomic mass is 10.1. The van der Waals surface area contributed by atoms with Crippen LogP contribution in [0.5, 0.6) is 0 Å². The second-order valence-corrected chi connectivity index (χ2v) is 4.87. The normalized spacial score (nSPS) is 10.5. The molecule has 0 atom stereocenters. The summed E-state index contributed by atoms with van der Waals surface area (Å²) >= 11 is 5.90. The van der Waals surface area contributed by atoms with E-state index in [2.05, 4.69) is 0 Å². The van der Waals surface area contributed by atoms with Gasteiger partial charge in [0.25, 0.3) is 5.91 Å². The van der Waals surface area contributed by atoms with Crippen molar-refractivity contribution in [1.82, 2.24) is 4.90 Å². The number of hydrogen-bond acceptors (Lipinski definition) is 2. The molecule has 0 heterocycles. The Morgan fingerprint density at radius 3 is 2.39 bits per heavy atom. The van der Waals surface area contributed by atoms with Crippen molar-refractivity contribution < 1.29 is 14.7 Å². The number of aryl methyl sites for hydroxylation is 1. The minimum atomic E-state index is -1.03. The molecule has 1 rings (SSSR count). The van der Waals surface area contributed by atoms with Gasteiger partial charge in [-0.1, -0.05) is 11.6 Å². The van der Waals surface area contributed by atoms with Crippen LogP contribution in [0.2, 0.25) is 5.02 Å². The molecule has 0 radical (unpaired) electrons. The number of aliphatic carboxylic acids is 1. The maximum atomic E-state index is 12.2. The van der Waals surface area contributed by atoms with E-state index in [1.807, 2.05) is 6.92 Å². The fourth-order valence-electron chi connectivity index (χ4n) is 1.66. The third-order valence-electron chi connectivity index (χ3n) is 2.48. The van der Waals surface area contributed by atoms with E-state index >= 15 is 0 Å². The van der Waals surface area contributed by atoms with Crippen LogP contribution in [0.25, 0.3) is 0 Å². The van der Waals surface area contributed by atoms with E-state index in [0.717, 1.165) is 5.56 Å². The number of hydrogen-bond donors (Lipinski definition) is 1. The second kappa shape index (κ2) is 5.87. The number of halogens is 1. The topological polar surface area (TPSA) is 57.6 Å². The monoisotopic (exact) mass is 269 g/mol. The zero-order valence-electron chi connectivity index (χ0n) is 10.6.